The molecule has 0 radical (unpaired) electrons. The van der Waals surface area contributed by atoms with Crippen molar-refractivity contribution in [2.75, 3.05) is 7.05 Å². The molecule has 0 spiro atoms. The van der Waals surface area contributed by atoms with E-state index in [0.29, 0.717) is 17.6 Å². The summed E-state index contributed by atoms with van der Waals surface area (Å²) in [5.41, 5.74) is 0.397. The fourth-order valence-electron chi connectivity index (χ4n) is 3.37. The molecule has 0 N–H and O–H groups in total. The third-order valence-corrected chi connectivity index (χ3v) is 4.55. The first-order valence-electron chi connectivity index (χ1n) is 7.17. The van der Waals surface area contributed by atoms with Crippen LogP contribution in [-0.4, -0.2) is 41.9 Å². The zero-order chi connectivity index (χ0) is 14.1. The number of esters is 1. The van der Waals surface area contributed by atoms with Gasteiger partial charge in [-0.15, -0.1) is 0 Å². The molecule has 4 nitrogen and oxygen atoms in total. The Kier molecular flexibility index (Phi) is 3.57. The van der Waals surface area contributed by atoms with Gasteiger partial charge in [-0.1, -0.05) is 30.3 Å². The maximum Gasteiger partial charge on any atom is 0.379 e. The van der Waals surface area contributed by atoms with E-state index in [0.717, 1.165) is 12.8 Å². The van der Waals surface area contributed by atoms with Crippen LogP contribution in [0.25, 0.3) is 0 Å². The first-order chi connectivity index (χ1) is 9.65. The molecule has 20 heavy (non-hydrogen) atoms. The number of hydrogen-bond acceptors (Lipinski definition) is 4. The number of hydrogen-bond donors (Lipinski definition) is 0. The Bertz CT molecular complexity index is 500. The molecule has 1 aromatic rings. The third-order valence-electron chi connectivity index (χ3n) is 4.55. The highest BCUT2D eigenvalue weighted by Gasteiger charge is 2.40. The van der Waals surface area contributed by atoms with Gasteiger partial charge in [-0.2, -0.15) is 0 Å². The van der Waals surface area contributed by atoms with Crippen LogP contribution in [-0.2, 0) is 9.53 Å². The number of ketones is 1. The van der Waals surface area contributed by atoms with Crippen LogP contribution in [0, 0.1) is 0 Å². The Labute approximate surface area is 118 Å². The van der Waals surface area contributed by atoms with Gasteiger partial charge < -0.3 is 9.64 Å². The van der Waals surface area contributed by atoms with E-state index in [4.69, 9.17) is 4.74 Å². The number of fused-ring (bicyclic) bond motifs is 2. The molecule has 0 aliphatic carbocycles. The lowest BCUT2D eigenvalue weighted by atomic mass is 10.0. The van der Waals surface area contributed by atoms with E-state index >= 15 is 0 Å². The van der Waals surface area contributed by atoms with Crippen LogP contribution >= 0.6 is 0 Å². The van der Waals surface area contributed by atoms with Crippen molar-refractivity contribution >= 4 is 11.8 Å². The molecular weight excluding hydrogens is 254 g/mol. The molecule has 2 heterocycles. The molecule has 1 unspecified atom stereocenters. The van der Waals surface area contributed by atoms with Gasteiger partial charge in [0.05, 0.1) is 0 Å². The summed E-state index contributed by atoms with van der Waals surface area (Å²) < 4.78 is 5.42. The number of ether oxygens (including phenoxy) is 1. The minimum atomic E-state index is -0.717. The maximum atomic E-state index is 12.0. The zero-order valence-corrected chi connectivity index (χ0v) is 11.6. The van der Waals surface area contributed by atoms with Crippen molar-refractivity contribution < 1.29 is 14.3 Å². The summed E-state index contributed by atoms with van der Waals surface area (Å²) >= 11 is 0. The lowest BCUT2D eigenvalue weighted by molar-refractivity contribution is -0.146. The normalized spacial score (nSPS) is 29.1. The van der Waals surface area contributed by atoms with Crippen molar-refractivity contribution in [3.8, 4) is 0 Å². The second kappa shape index (κ2) is 5.37. The van der Waals surface area contributed by atoms with Gasteiger partial charge in [-0.3, -0.25) is 4.79 Å². The van der Waals surface area contributed by atoms with E-state index in [1.165, 1.54) is 12.8 Å². The SMILES string of the molecule is CN1[C@@H]2CC[C@H]1CC(OC(=O)C(=O)c1ccccc1)C2. The zero-order valence-electron chi connectivity index (χ0n) is 11.6. The number of Topliss-reactive ketones (excluding diaryl/α,β-unsaturated/α-hetero) is 1. The molecule has 2 aliphatic heterocycles. The maximum absolute atomic E-state index is 12.0. The monoisotopic (exact) mass is 273 g/mol. The first-order valence-corrected chi connectivity index (χ1v) is 7.17. The van der Waals surface area contributed by atoms with Crippen molar-refractivity contribution in [3.05, 3.63) is 35.9 Å². The molecule has 4 heteroatoms. The van der Waals surface area contributed by atoms with Crippen LogP contribution in [0.15, 0.2) is 30.3 Å². The fourth-order valence-corrected chi connectivity index (χ4v) is 3.37. The van der Waals surface area contributed by atoms with Crippen LogP contribution in [0.2, 0.25) is 0 Å². The average molecular weight is 273 g/mol. The van der Waals surface area contributed by atoms with E-state index in [-0.39, 0.29) is 6.10 Å². The van der Waals surface area contributed by atoms with Crippen LogP contribution < -0.4 is 0 Å². The summed E-state index contributed by atoms with van der Waals surface area (Å²) in [5.74, 6) is -1.26. The van der Waals surface area contributed by atoms with Crippen molar-refractivity contribution in [1.29, 1.82) is 0 Å². The molecule has 106 valence electrons. The highest BCUT2D eigenvalue weighted by molar-refractivity contribution is 6.40. The van der Waals surface area contributed by atoms with Crippen LogP contribution in [0.4, 0.5) is 0 Å². The van der Waals surface area contributed by atoms with Gasteiger partial charge >= 0.3 is 5.97 Å². The van der Waals surface area contributed by atoms with Gasteiger partial charge in [-0.05, 0) is 19.9 Å². The van der Waals surface area contributed by atoms with Gasteiger partial charge in [0.1, 0.15) is 6.10 Å². The molecule has 2 bridgehead atoms. The Balaban J connectivity index is 1.61. The van der Waals surface area contributed by atoms with Crippen molar-refractivity contribution in [3.63, 3.8) is 0 Å². The summed E-state index contributed by atoms with van der Waals surface area (Å²) in [5, 5.41) is 0. The third kappa shape index (κ3) is 2.48. The van der Waals surface area contributed by atoms with Gasteiger partial charge in [0.25, 0.3) is 5.78 Å². The Morgan fingerprint density at radius 2 is 1.70 bits per heavy atom. The highest BCUT2D eigenvalue weighted by atomic mass is 16.5. The standard InChI is InChI=1S/C16H19NO3/c1-17-12-7-8-13(17)10-14(9-12)20-16(19)15(18)11-5-3-2-4-6-11/h2-6,12-14H,7-10H2,1H3/t12-,13+,14?. The molecule has 0 amide bonds. The fraction of sp³-hybridized carbons (Fsp3) is 0.500. The molecule has 2 fully saturated rings. The molecule has 3 atom stereocenters. The second-order valence-electron chi connectivity index (χ2n) is 5.74. The Morgan fingerprint density at radius 1 is 1.10 bits per heavy atom. The minimum absolute atomic E-state index is 0.108. The van der Waals surface area contributed by atoms with Crippen molar-refractivity contribution in [1.82, 2.24) is 4.90 Å². The predicted molar refractivity (Wildman–Crippen MR) is 74.5 cm³/mol. The molecular formula is C16H19NO3. The summed E-state index contributed by atoms with van der Waals surface area (Å²) in [7, 11) is 2.13. The van der Waals surface area contributed by atoms with Gasteiger partial charge in [0.15, 0.2) is 0 Å². The number of nitrogens with zero attached hydrogens (tertiary/aromatic N) is 1. The first kappa shape index (κ1) is 13.3. The number of carbonyl (C=O) groups excluding carboxylic acids is 2. The molecule has 1 aromatic carbocycles. The van der Waals surface area contributed by atoms with E-state index in [2.05, 4.69) is 11.9 Å². The summed E-state index contributed by atoms with van der Waals surface area (Å²) in [6, 6.07) is 9.59. The summed E-state index contributed by atoms with van der Waals surface area (Å²) in [6.45, 7) is 0. The topological polar surface area (TPSA) is 46.6 Å². The average Bonchev–Trinajstić information content (AvgIpc) is 2.69. The quantitative estimate of drug-likeness (QED) is 0.480. The van der Waals surface area contributed by atoms with Crippen molar-refractivity contribution in [2.45, 2.75) is 43.9 Å². The largest absolute Gasteiger partial charge is 0.456 e. The number of benzene rings is 1. The van der Waals surface area contributed by atoms with Gasteiger partial charge in [0, 0.05) is 30.5 Å². The van der Waals surface area contributed by atoms with Gasteiger partial charge in [0.2, 0.25) is 0 Å². The summed E-state index contributed by atoms with van der Waals surface area (Å²) in [4.78, 5) is 26.3. The van der Waals surface area contributed by atoms with E-state index in [9.17, 15) is 9.59 Å². The molecule has 2 saturated heterocycles. The second-order valence-corrected chi connectivity index (χ2v) is 5.74. The van der Waals surface area contributed by atoms with Gasteiger partial charge in [-0.25, -0.2) is 4.79 Å². The van der Waals surface area contributed by atoms with E-state index in [1.54, 1.807) is 24.3 Å². The molecule has 0 aromatic heterocycles. The lowest BCUT2D eigenvalue weighted by Gasteiger charge is -2.35. The number of carbonyl (C=O) groups is 2. The summed E-state index contributed by atoms with van der Waals surface area (Å²) in [6.07, 6.45) is 3.93. The molecule has 2 aliphatic rings. The van der Waals surface area contributed by atoms with E-state index < -0.39 is 11.8 Å². The van der Waals surface area contributed by atoms with E-state index in [1.807, 2.05) is 6.07 Å². The number of rotatable bonds is 3. The highest BCUT2D eigenvalue weighted by Crippen LogP contribution is 2.35. The Morgan fingerprint density at radius 3 is 2.30 bits per heavy atom. The van der Waals surface area contributed by atoms with Crippen LogP contribution in [0.1, 0.15) is 36.0 Å². The van der Waals surface area contributed by atoms with Crippen LogP contribution in [0.5, 0.6) is 0 Å². The van der Waals surface area contributed by atoms with Crippen molar-refractivity contribution in [2.24, 2.45) is 0 Å². The number of piperidine rings is 1. The minimum Gasteiger partial charge on any atom is -0.456 e. The predicted octanol–water partition coefficient (Wildman–Crippen LogP) is 2.04. The van der Waals surface area contributed by atoms with Crippen LogP contribution in [0.3, 0.4) is 0 Å². The molecule has 3 rings (SSSR count). The lowest BCUT2D eigenvalue weighted by Crippen LogP contribution is -2.44. The molecule has 0 saturated carbocycles. The Hall–Kier alpha value is -1.68. The smallest absolute Gasteiger partial charge is 0.379 e.